The van der Waals surface area contributed by atoms with E-state index in [1.807, 2.05) is 19.2 Å². The van der Waals surface area contributed by atoms with Crippen LogP contribution in [0.5, 0.6) is 0 Å². The third-order valence-electron chi connectivity index (χ3n) is 4.08. The molecule has 0 amide bonds. The molecule has 2 atom stereocenters. The van der Waals surface area contributed by atoms with Crippen molar-refractivity contribution in [2.24, 2.45) is 5.92 Å². The summed E-state index contributed by atoms with van der Waals surface area (Å²) in [5, 5.41) is 11.2. The van der Waals surface area contributed by atoms with Gasteiger partial charge in [-0.15, -0.1) is 0 Å². The lowest BCUT2D eigenvalue weighted by Gasteiger charge is -2.37. The molecule has 1 aromatic rings. The molecule has 1 saturated carbocycles. The predicted molar refractivity (Wildman–Crippen MR) is 80.6 cm³/mol. The van der Waals surface area contributed by atoms with E-state index in [4.69, 9.17) is 0 Å². The highest BCUT2D eigenvalue weighted by Crippen LogP contribution is 2.36. The molecule has 0 aromatic heterocycles. The molecular weight excluding hydrogens is 308 g/mol. The number of nitro benzene ring substituents is 1. The largest absolute Gasteiger partial charge is 0.366 e. The third kappa shape index (κ3) is 3.08. The van der Waals surface area contributed by atoms with Crippen molar-refractivity contribution in [3.05, 3.63) is 32.8 Å². The normalized spacial score (nSPS) is 23.1. The number of hydrogen-bond acceptors (Lipinski definition) is 3. The van der Waals surface area contributed by atoms with Gasteiger partial charge in [0.1, 0.15) is 5.69 Å². The van der Waals surface area contributed by atoms with Gasteiger partial charge >= 0.3 is 0 Å². The minimum absolute atomic E-state index is 0.176. The van der Waals surface area contributed by atoms with E-state index in [0.29, 0.717) is 17.6 Å². The average Bonchev–Trinajstić information content (AvgIpc) is 2.38. The minimum atomic E-state index is -0.302. The molecule has 1 aromatic carbocycles. The summed E-state index contributed by atoms with van der Waals surface area (Å²) in [6.07, 6.45) is 4.81. The molecule has 104 valence electrons. The van der Waals surface area contributed by atoms with Crippen LogP contribution in [-0.4, -0.2) is 18.0 Å². The van der Waals surface area contributed by atoms with Crippen LogP contribution in [0.3, 0.4) is 0 Å². The van der Waals surface area contributed by atoms with Crippen molar-refractivity contribution >= 4 is 27.3 Å². The second kappa shape index (κ2) is 5.90. The topological polar surface area (TPSA) is 46.4 Å². The minimum Gasteiger partial charge on any atom is -0.366 e. The van der Waals surface area contributed by atoms with Crippen LogP contribution in [0.1, 0.15) is 32.6 Å². The Balaban J connectivity index is 2.32. The van der Waals surface area contributed by atoms with Gasteiger partial charge in [-0.25, -0.2) is 0 Å². The highest BCUT2D eigenvalue weighted by atomic mass is 79.9. The summed E-state index contributed by atoms with van der Waals surface area (Å²) >= 11 is 3.30. The highest BCUT2D eigenvalue weighted by Gasteiger charge is 2.28. The van der Waals surface area contributed by atoms with Crippen molar-refractivity contribution in [2.75, 3.05) is 11.9 Å². The second-order valence-corrected chi connectivity index (χ2v) is 6.25. The van der Waals surface area contributed by atoms with Gasteiger partial charge in [0.05, 0.1) is 4.92 Å². The molecule has 4 nitrogen and oxygen atoms in total. The summed E-state index contributed by atoms with van der Waals surface area (Å²) in [7, 11) is 1.97. The average molecular weight is 327 g/mol. The Bertz CT molecular complexity index is 479. The van der Waals surface area contributed by atoms with Gasteiger partial charge in [0.15, 0.2) is 0 Å². The monoisotopic (exact) mass is 326 g/mol. The van der Waals surface area contributed by atoms with E-state index in [-0.39, 0.29) is 10.6 Å². The number of hydrogen-bond donors (Lipinski definition) is 0. The molecule has 0 radical (unpaired) electrons. The van der Waals surface area contributed by atoms with Crippen LogP contribution in [-0.2, 0) is 0 Å². The Labute approximate surface area is 122 Å². The van der Waals surface area contributed by atoms with Gasteiger partial charge < -0.3 is 4.90 Å². The van der Waals surface area contributed by atoms with Crippen LogP contribution in [0.25, 0.3) is 0 Å². The molecule has 0 N–H and O–H groups in total. The molecule has 0 aliphatic heterocycles. The van der Waals surface area contributed by atoms with Gasteiger partial charge in [-0.2, -0.15) is 0 Å². The van der Waals surface area contributed by atoms with Crippen LogP contribution >= 0.6 is 15.9 Å². The van der Waals surface area contributed by atoms with Gasteiger partial charge in [0, 0.05) is 23.6 Å². The molecule has 5 heteroatoms. The first kappa shape index (κ1) is 14.3. The number of nitrogens with zero attached hydrogens (tertiary/aromatic N) is 2. The Morgan fingerprint density at radius 3 is 2.68 bits per heavy atom. The summed E-state index contributed by atoms with van der Waals surface area (Å²) in [6.45, 7) is 2.24. The fourth-order valence-electron chi connectivity index (χ4n) is 2.99. The lowest BCUT2D eigenvalue weighted by atomic mass is 9.85. The summed E-state index contributed by atoms with van der Waals surface area (Å²) in [4.78, 5) is 13.0. The zero-order chi connectivity index (χ0) is 14.0. The van der Waals surface area contributed by atoms with Gasteiger partial charge in [-0.05, 0) is 30.9 Å². The van der Waals surface area contributed by atoms with Crippen molar-refractivity contribution < 1.29 is 4.92 Å². The summed E-state index contributed by atoms with van der Waals surface area (Å²) in [6, 6.07) is 5.68. The van der Waals surface area contributed by atoms with Crippen LogP contribution in [0, 0.1) is 16.0 Å². The Hall–Kier alpha value is -1.10. The fourth-order valence-corrected chi connectivity index (χ4v) is 3.34. The SMILES string of the molecule is CC1CCCCC1N(C)c1ccc(Br)cc1[N+](=O)[O-]. The van der Waals surface area contributed by atoms with Gasteiger partial charge in [-0.3, -0.25) is 10.1 Å². The van der Waals surface area contributed by atoms with Crippen molar-refractivity contribution in [1.29, 1.82) is 0 Å². The molecule has 1 aliphatic carbocycles. The Kier molecular flexibility index (Phi) is 4.45. The fraction of sp³-hybridized carbons (Fsp3) is 0.571. The quantitative estimate of drug-likeness (QED) is 0.612. The van der Waals surface area contributed by atoms with E-state index in [0.717, 1.165) is 10.9 Å². The van der Waals surface area contributed by atoms with E-state index in [1.165, 1.54) is 19.3 Å². The van der Waals surface area contributed by atoms with Crippen molar-refractivity contribution in [1.82, 2.24) is 0 Å². The maximum absolute atomic E-state index is 11.2. The van der Waals surface area contributed by atoms with E-state index < -0.39 is 0 Å². The zero-order valence-electron chi connectivity index (χ0n) is 11.3. The molecule has 0 spiro atoms. The lowest BCUT2D eigenvalue weighted by Crippen LogP contribution is -2.39. The molecule has 0 bridgehead atoms. The van der Waals surface area contributed by atoms with E-state index in [2.05, 4.69) is 27.8 Å². The second-order valence-electron chi connectivity index (χ2n) is 5.33. The van der Waals surface area contributed by atoms with Crippen molar-refractivity contribution in [2.45, 2.75) is 38.6 Å². The molecule has 2 unspecified atom stereocenters. The maximum Gasteiger partial charge on any atom is 0.293 e. The highest BCUT2D eigenvalue weighted by molar-refractivity contribution is 9.10. The first-order valence-electron chi connectivity index (χ1n) is 6.67. The smallest absolute Gasteiger partial charge is 0.293 e. The van der Waals surface area contributed by atoms with Crippen LogP contribution in [0.2, 0.25) is 0 Å². The van der Waals surface area contributed by atoms with Crippen molar-refractivity contribution in [3.63, 3.8) is 0 Å². The number of benzene rings is 1. The molecule has 1 aliphatic rings. The van der Waals surface area contributed by atoms with Crippen LogP contribution in [0.4, 0.5) is 11.4 Å². The summed E-state index contributed by atoms with van der Waals surface area (Å²) in [5.74, 6) is 0.585. The lowest BCUT2D eigenvalue weighted by molar-refractivity contribution is -0.384. The number of nitro groups is 1. The maximum atomic E-state index is 11.2. The first-order chi connectivity index (χ1) is 9.00. The van der Waals surface area contributed by atoms with Gasteiger partial charge in [-0.1, -0.05) is 35.7 Å². The molecule has 0 saturated heterocycles. The van der Waals surface area contributed by atoms with E-state index >= 15 is 0 Å². The Morgan fingerprint density at radius 2 is 2.05 bits per heavy atom. The standard InChI is InChI=1S/C14H19BrN2O2/c1-10-5-3-4-6-12(10)16(2)13-8-7-11(15)9-14(13)17(18)19/h7-10,12H,3-6H2,1-2H3. The molecule has 2 rings (SSSR count). The molecule has 0 heterocycles. The van der Waals surface area contributed by atoms with Crippen LogP contribution in [0.15, 0.2) is 22.7 Å². The molecule has 1 fully saturated rings. The first-order valence-corrected chi connectivity index (χ1v) is 7.46. The number of rotatable bonds is 3. The van der Waals surface area contributed by atoms with E-state index in [1.54, 1.807) is 6.07 Å². The third-order valence-corrected chi connectivity index (χ3v) is 4.57. The number of halogens is 1. The van der Waals surface area contributed by atoms with Gasteiger partial charge in [0.2, 0.25) is 0 Å². The van der Waals surface area contributed by atoms with Gasteiger partial charge in [0.25, 0.3) is 5.69 Å². The zero-order valence-corrected chi connectivity index (χ0v) is 12.9. The van der Waals surface area contributed by atoms with Crippen molar-refractivity contribution in [3.8, 4) is 0 Å². The molecule has 19 heavy (non-hydrogen) atoms. The summed E-state index contributed by atoms with van der Waals surface area (Å²) < 4.78 is 0.744. The Morgan fingerprint density at radius 1 is 1.37 bits per heavy atom. The summed E-state index contributed by atoms with van der Waals surface area (Å²) in [5.41, 5.74) is 0.890. The molecular formula is C14H19BrN2O2. The van der Waals surface area contributed by atoms with E-state index in [9.17, 15) is 10.1 Å². The van der Waals surface area contributed by atoms with Crippen LogP contribution < -0.4 is 4.90 Å². The predicted octanol–water partition coefficient (Wildman–Crippen LogP) is 4.37. The number of anilines is 1.